The van der Waals surface area contributed by atoms with E-state index in [0.717, 1.165) is 19.5 Å². The van der Waals surface area contributed by atoms with Crippen LogP contribution in [-0.4, -0.2) is 24.3 Å². The normalized spacial score (nSPS) is 13.5. The van der Waals surface area contributed by atoms with Crippen LogP contribution in [0.3, 0.4) is 0 Å². The summed E-state index contributed by atoms with van der Waals surface area (Å²) in [6, 6.07) is 8.76. The molecule has 0 heterocycles. The molecule has 1 aromatic rings. The maximum Gasteiger partial charge on any atom is 0.407 e. The Morgan fingerprint density at radius 1 is 1.08 bits per heavy atom. The summed E-state index contributed by atoms with van der Waals surface area (Å²) in [6.07, 6.45) is 0.501. The van der Waals surface area contributed by atoms with Gasteiger partial charge in [0.05, 0.1) is 0 Å². The van der Waals surface area contributed by atoms with E-state index in [9.17, 15) is 4.79 Å². The van der Waals surface area contributed by atoms with Gasteiger partial charge < -0.3 is 15.4 Å². The molecule has 2 N–H and O–H groups in total. The largest absolute Gasteiger partial charge is 0.444 e. The Kier molecular flexibility index (Phi) is 7.27. The van der Waals surface area contributed by atoms with Crippen LogP contribution in [0, 0.1) is 0 Å². The van der Waals surface area contributed by atoms with Crippen molar-refractivity contribution in [1.29, 1.82) is 0 Å². The van der Waals surface area contributed by atoms with Crippen LogP contribution in [0.4, 0.5) is 4.79 Å². The topological polar surface area (TPSA) is 50.4 Å². The van der Waals surface area contributed by atoms with Crippen molar-refractivity contribution in [2.45, 2.75) is 78.5 Å². The van der Waals surface area contributed by atoms with Crippen molar-refractivity contribution in [2.75, 3.05) is 6.54 Å². The average molecular weight is 335 g/mol. The molecule has 0 saturated carbocycles. The van der Waals surface area contributed by atoms with Crippen LogP contribution in [0.25, 0.3) is 0 Å². The molecule has 4 heteroatoms. The number of ether oxygens (including phenoxy) is 1. The molecule has 1 amide bonds. The summed E-state index contributed by atoms with van der Waals surface area (Å²) in [5.41, 5.74) is 2.29. The molecule has 0 radical (unpaired) electrons. The van der Waals surface area contributed by atoms with E-state index >= 15 is 0 Å². The first-order valence-electron chi connectivity index (χ1n) is 8.81. The second-order valence-corrected chi connectivity index (χ2v) is 8.33. The molecular weight excluding hydrogens is 300 g/mol. The number of nitrogens with one attached hydrogen (secondary N) is 2. The van der Waals surface area contributed by atoms with Crippen LogP contribution in [0.2, 0.25) is 0 Å². The summed E-state index contributed by atoms with van der Waals surface area (Å²) >= 11 is 0. The number of benzene rings is 1. The van der Waals surface area contributed by atoms with Gasteiger partial charge >= 0.3 is 6.09 Å². The molecule has 24 heavy (non-hydrogen) atoms. The SMILES string of the molecule is CCC(CNCc1ccc(C(C)(C)C)cc1)NC(=O)OC(C)(C)C. The van der Waals surface area contributed by atoms with E-state index in [1.165, 1.54) is 11.1 Å². The first-order chi connectivity index (χ1) is 11.0. The Balaban J connectivity index is 2.43. The quantitative estimate of drug-likeness (QED) is 0.812. The zero-order valence-electron chi connectivity index (χ0n) is 16.3. The minimum atomic E-state index is -0.468. The second-order valence-electron chi connectivity index (χ2n) is 8.33. The number of hydrogen-bond acceptors (Lipinski definition) is 3. The number of alkyl carbamates (subject to hydrolysis) is 1. The minimum Gasteiger partial charge on any atom is -0.444 e. The molecule has 1 rings (SSSR count). The lowest BCUT2D eigenvalue weighted by Gasteiger charge is -2.23. The van der Waals surface area contributed by atoms with Crippen LogP contribution in [0.15, 0.2) is 24.3 Å². The summed E-state index contributed by atoms with van der Waals surface area (Å²) in [7, 11) is 0. The molecule has 1 unspecified atom stereocenters. The average Bonchev–Trinajstić information content (AvgIpc) is 2.43. The smallest absolute Gasteiger partial charge is 0.407 e. The van der Waals surface area contributed by atoms with Gasteiger partial charge in [-0.25, -0.2) is 4.79 Å². The predicted molar refractivity (Wildman–Crippen MR) is 100 cm³/mol. The third kappa shape index (κ3) is 7.82. The van der Waals surface area contributed by atoms with Gasteiger partial charge in [-0.15, -0.1) is 0 Å². The van der Waals surface area contributed by atoms with Crippen molar-refractivity contribution in [3.05, 3.63) is 35.4 Å². The molecule has 0 saturated heterocycles. The molecule has 136 valence electrons. The lowest BCUT2D eigenvalue weighted by molar-refractivity contribution is 0.0502. The van der Waals surface area contributed by atoms with Crippen LogP contribution in [0.1, 0.15) is 66.0 Å². The van der Waals surface area contributed by atoms with E-state index < -0.39 is 5.60 Å². The summed E-state index contributed by atoms with van der Waals surface area (Å²) < 4.78 is 5.30. The highest BCUT2D eigenvalue weighted by atomic mass is 16.6. The van der Waals surface area contributed by atoms with Crippen molar-refractivity contribution < 1.29 is 9.53 Å². The fourth-order valence-corrected chi connectivity index (χ4v) is 2.28. The first-order valence-corrected chi connectivity index (χ1v) is 8.81. The van der Waals surface area contributed by atoms with Gasteiger partial charge in [-0.05, 0) is 43.7 Å². The summed E-state index contributed by atoms with van der Waals surface area (Å²) in [5, 5.41) is 6.32. The predicted octanol–water partition coefficient (Wildman–Crippen LogP) is 4.38. The van der Waals surface area contributed by atoms with Gasteiger partial charge in [0.25, 0.3) is 0 Å². The lowest BCUT2D eigenvalue weighted by Crippen LogP contribution is -2.43. The first kappa shape index (κ1) is 20.5. The summed E-state index contributed by atoms with van der Waals surface area (Å²) in [5.74, 6) is 0. The third-order valence-electron chi connectivity index (χ3n) is 3.75. The number of rotatable bonds is 6. The number of amides is 1. The van der Waals surface area contributed by atoms with Gasteiger partial charge in [0, 0.05) is 19.1 Å². The fraction of sp³-hybridized carbons (Fsp3) is 0.650. The van der Waals surface area contributed by atoms with Gasteiger partial charge in [-0.3, -0.25) is 0 Å². The monoisotopic (exact) mass is 334 g/mol. The van der Waals surface area contributed by atoms with Crippen LogP contribution < -0.4 is 10.6 Å². The molecule has 0 aliphatic rings. The molecule has 1 aromatic carbocycles. The molecule has 0 fully saturated rings. The zero-order valence-corrected chi connectivity index (χ0v) is 16.3. The zero-order chi connectivity index (χ0) is 18.4. The van der Waals surface area contributed by atoms with Crippen LogP contribution >= 0.6 is 0 Å². The molecule has 1 atom stereocenters. The third-order valence-corrected chi connectivity index (χ3v) is 3.75. The second kappa shape index (κ2) is 8.52. The number of carbonyl (C=O) groups excluding carboxylic acids is 1. The van der Waals surface area contributed by atoms with E-state index in [1.54, 1.807) is 0 Å². The van der Waals surface area contributed by atoms with Crippen molar-refractivity contribution in [2.24, 2.45) is 0 Å². The Morgan fingerprint density at radius 3 is 2.12 bits per heavy atom. The van der Waals surface area contributed by atoms with Crippen molar-refractivity contribution in [3.8, 4) is 0 Å². The highest BCUT2D eigenvalue weighted by molar-refractivity contribution is 5.68. The van der Waals surface area contributed by atoms with Gasteiger partial charge in [-0.2, -0.15) is 0 Å². The number of hydrogen-bond donors (Lipinski definition) is 2. The number of carbonyl (C=O) groups is 1. The fourth-order valence-electron chi connectivity index (χ4n) is 2.28. The standard InChI is InChI=1S/C20H34N2O2/c1-8-17(22-18(23)24-20(5,6)7)14-21-13-15-9-11-16(12-10-15)19(2,3)4/h9-12,17,21H,8,13-14H2,1-7H3,(H,22,23). The highest BCUT2D eigenvalue weighted by Gasteiger charge is 2.18. The molecule has 0 aromatic heterocycles. The maximum atomic E-state index is 11.8. The van der Waals surface area contributed by atoms with Gasteiger partial charge in [0.1, 0.15) is 5.60 Å². The Morgan fingerprint density at radius 2 is 1.67 bits per heavy atom. The van der Waals surface area contributed by atoms with Gasteiger partial charge in [0.2, 0.25) is 0 Å². The van der Waals surface area contributed by atoms with Crippen LogP contribution in [-0.2, 0) is 16.7 Å². The van der Waals surface area contributed by atoms with E-state index in [0.29, 0.717) is 0 Å². The Labute approximate surface area is 147 Å². The molecule has 4 nitrogen and oxygen atoms in total. The van der Waals surface area contributed by atoms with E-state index in [-0.39, 0.29) is 17.6 Å². The van der Waals surface area contributed by atoms with Crippen molar-refractivity contribution in [1.82, 2.24) is 10.6 Å². The van der Waals surface area contributed by atoms with Gasteiger partial charge in [0.15, 0.2) is 0 Å². The summed E-state index contributed by atoms with van der Waals surface area (Å²) in [6.45, 7) is 15.8. The Hall–Kier alpha value is -1.55. The maximum absolute atomic E-state index is 11.8. The van der Waals surface area contributed by atoms with E-state index in [2.05, 4.69) is 62.6 Å². The molecule has 0 spiro atoms. The van der Waals surface area contributed by atoms with E-state index in [4.69, 9.17) is 4.74 Å². The van der Waals surface area contributed by atoms with E-state index in [1.807, 2.05) is 20.8 Å². The molecule has 0 aliphatic carbocycles. The lowest BCUT2D eigenvalue weighted by atomic mass is 9.87. The highest BCUT2D eigenvalue weighted by Crippen LogP contribution is 2.22. The minimum absolute atomic E-state index is 0.0636. The Bertz CT molecular complexity index is 510. The molecule has 0 aliphatic heterocycles. The van der Waals surface area contributed by atoms with Crippen LogP contribution in [0.5, 0.6) is 0 Å². The van der Waals surface area contributed by atoms with Gasteiger partial charge in [-0.1, -0.05) is 52.0 Å². The molecular formula is C20H34N2O2. The molecule has 0 bridgehead atoms. The van der Waals surface area contributed by atoms with Crippen molar-refractivity contribution >= 4 is 6.09 Å². The summed E-state index contributed by atoms with van der Waals surface area (Å²) in [4.78, 5) is 11.8. The van der Waals surface area contributed by atoms with Crippen molar-refractivity contribution in [3.63, 3.8) is 0 Å².